The van der Waals surface area contributed by atoms with Crippen LogP contribution in [0.5, 0.6) is 0 Å². The first kappa shape index (κ1) is 19.0. The Morgan fingerprint density at radius 3 is 2.44 bits per heavy atom. The average Bonchev–Trinajstić information content (AvgIpc) is 2.65. The van der Waals surface area contributed by atoms with Crippen LogP contribution in [0, 0.1) is 0 Å². The van der Waals surface area contributed by atoms with Gasteiger partial charge in [-0.05, 0) is 42.7 Å². The summed E-state index contributed by atoms with van der Waals surface area (Å²) >= 11 is 0. The Morgan fingerprint density at radius 2 is 1.81 bits per heavy atom. The molecule has 0 bridgehead atoms. The zero-order chi connectivity index (χ0) is 19.6. The summed E-state index contributed by atoms with van der Waals surface area (Å²) in [5.74, 6) is -0.139. The van der Waals surface area contributed by atoms with Crippen molar-refractivity contribution < 1.29 is 9.59 Å². The molecule has 27 heavy (non-hydrogen) atoms. The van der Waals surface area contributed by atoms with Crippen molar-refractivity contribution in [2.24, 2.45) is 0 Å². The summed E-state index contributed by atoms with van der Waals surface area (Å²) in [6.07, 6.45) is 0.351. The van der Waals surface area contributed by atoms with Crippen LogP contribution < -0.4 is 10.2 Å². The van der Waals surface area contributed by atoms with Crippen LogP contribution >= 0.6 is 0 Å². The molecule has 2 aromatic rings. The first-order valence-corrected chi connectivity index (χ1v) is 9.31. The van der Waals surface area contributed by atoms with Crippen LogP contribution in [0.15, 0.2) is 48.5 Å². The summed E-state index contributed by atoms with van der Waals surface area (Å²) in [5.41, 5.74) is 4.00. The van der Waals surface area contributed by atoms with Crippen molar-refractivity contribution in [3.05, 3.63) is 65.2 Å². The first-order valence-electron chi connectivity index (χ1n) is 9.31. The molecule has 1 aliphatic rings. The van der Waals surface area contributed by atoms with Crippen molar-refractivity contribution in [3.8, 4) is 0 Å². The molecule has 2 aromatic carbocycles. The maximum atomic E-state index is 13.1. The third-order valence-electron chi connectivity index (χ3n) is 4.98. The van der Waals surface area contributed by atoms with Crippen LogP contribution in [0.2, 0.25) is 0 Å². The van der Waals surface area contributed by atoms with Gasteiger partial charge in [0.25, 0.3) is 0 Å². The van der Waals surface area contributed by atoms with E-state index < -0.39 is 6.04 Å². The quantitative estimate of drug-likeness (QED) is 0.886. The molecule has 1 heterocycles. The third kappa shape index (κ3) is 3.97. The van der Waals surface area contributed by atoms with Crippen molar-refractivity contribution in [1.29, 1.82) is 0 Å². The molecule has 1 atom stereocenters. The zero-order valence-corrected chi connectivity index (χ0v) is 16.4. The zero-order valence-electron chi connectivity index (χ0n) is 16.4. The Morgan fingerprint density at radius 1 is 1.15 bits per heavy atom. The Hall–Kier alpha value is -2.82. The molecule has 0 radical (unpaired) electrons. The second-order valence-corrected chi connectivity index (χ2v) is 7.45. The van der Waals surface area contributed by atoms with Gasteiger partial charge in [0, 0.05) is 32.4 Å². The van der Waals surface area contributed by atoms with E-state index in [2.05, 4.69) is 5.32 Å². The lowest BCUT2D eigenvalue weighted by atomic mass is 9.90. The van der Waals surface area contributed by atoms with Crippen molar-refractivity contribution >= 4 is 17.5 Å². The molecule has 1 aliphatic heterocycles. The minimum atomic E-state index is -0.580. The van der Waals surface area contributed by atoms with E-state index in [1.54, 1.807) is 4.90 Å². The van der Waals surface area contributed by atoms with Gasteiger partial charge in [0.05, 0.1) is 6.42 Å². The highest BCUT2D eigenvalue weighted by Crippen LogP contribution is 2.32. The fourth-order valence-electron chi connectivity index (χ4n) is 3.56. The highest BCUT2D eigenvalue weighted by molar-refractivity contribution is 5.92. The molecule has 1 unspecified atom stereocenters. The van der Waals surface area contributed by atoms with E-state index >= 15 is 0 Å². The Kier molecular flexibility index (Phi) is 5.49. The summed E-state index contributed by atoms with van der Waals surface area (Å²) in [5, 5.41) is 3.02. The lowest BCUT2D eigenvalue weighted by Crippen LogP contribution is -2.50. The highest BCUT2D eigenvalue weighted by Gasteiger charge is 2.38. The minimum Gasteiger partial charge on any atom is -0.378 e. The number of carbonyl (C=O) groups is 2. The molecule has 2 amide bonds. The fraction of sp³-hybridized carbons (Fsp3) is 0.364. The molecule has 0 aromatic heterocycles. The van der Waals surface area contributed by atoms with Crippen LogP contribution in [0.25, 0.3) is 0 Å². The summed E-state index contributed by atoms with van der Waals surface area (Å²) in [7, 11) is 3.99. The molecule has 142 valence electrons. The number of nitrogens with one attached hydrogen (secondary N) is 1. The molecular weight excluding hydrogens is 338 g/mol. The predicted molar refractivity (Wildman–Crippen MR) is 107 cm³/mol. The summed E-state index contributed by atoms with van der Waals surface area (Å²) in [6, 6.07) is 15.2. The third-order valence-corrected chi connectivity index (χ3v) is 4.98. The number of nitrogens with zero attached hydrogens (tertiary/aromatic N) is 2. The molecule has 0 spiro atoms. The SMILES string of the molecule is CC(C)N1C(=O)Cc2ccccc2C1C(=O)NCc1ccc(N(C)C)cc1. The number of benzene rings is 2. The molecule has 1 N–H and O–H groups in total. The molecule has 5 heteroatoms. The van der Waals surface area contributed by atoms with E-state index in [0.29, 0.717) is 13.0 Å². The number of anilines is 1. The molecule has 3 rings (SSSR count). The number of rotatable bonds is 5. The van der Waals surface area contributed by atoms with E-state index in [1.807, 2.05) is 81.4 Å². The van der Waals surface area contributed by atoms with E-state index in [-0.39, 0.29) is 17.9 Å². The topological polar surface area (TPSA) is 52.7 Å². The van der Waals surface area contributed by atoms with E-state index in [0.717, 1.165) is 22.4 Å². The van der Waals surface area contributed by atoms with Gasteiger partial charge in [-0.2, -0.15) is 0 Å². The minimum absolute atomic E-state index is 0.000754. The molecule has 5 nitrogen and oxygen atoms in total. The van der Waals surface area contributed by atoms with Gasteiger partial charge in [-0.1, -0.05) is 36.4 Å². The van der Waals surface area contributed by atoms with Crippen LogP contribution in [-0.4, -0.2) is 36.9 Å². The van der Waals surface area contributed by atoms with E-state index in [4.69, 9.17) is 0 Å². The Bertz CT molecular complexity index is 828. The average molecular weight is 365 g/mol. The fourth-order valence-corrected chi connectivity index (χ4v) is 3.56. The lowest BCUT2D eigenvalue weighted by Gasteiger charge is -2.39. The molecule has 0 fully saturated rings. The van der Waals surface area contributed by atoms with Gasteiger partial charge in [0.1, 0.15) is 6.04 Å². The van der Waals surface area contributed by atoms with Crippen molar-refractivity contribution in [2.45, 2.75) is 38.9 Å². The van der Waals surface area contributed by atoms with Gasteiger partial charge >= 0.3 is 0 Å². The Labute approximate surface area is 161 Å². The first-order chi connectivity index (χ1) is 12.9. The van der Waals surface area contributed by atoms with E-state index in [9.17, 15) is 9.59 Å². The molecule has 0 saturated heterocycles. The maximum Gasteiger partial charge on any atom is 0.247 e. The summed E-state index contributed by atoms with van der Waals surface area (Å²) in [6.45, 7) is 4.34. The maximum absolute atomic E-state index is 13.1. The lowest BCUT2D eigenvalue weighted by molar-refractivity contribution is -0.143. The smallest absolute Gasteiger partial charge is 0.247 e. The largest absolute Gasteiger partial charge is 0.378 e. The van der Waals surface area contributed by atoms with Crippen LogP contribution in [0.3, 0.4) is 0 Å². The number of hydrogen-bond donors (Lipinski definition) is 1. The van der Waals surface area contributed by atoms with Crippen molar-refractivity contribution in [2.75, 3.05) is 19.0 Å². The Balaban J connectivity index is 1.80. The van der Waals surface area contributed by atoms with Crippen molar-refractivity contribution in [1.82, 2.24) is 10.2 Å². The number of hydrogen-bond acceptors (Lipinski definition) is 3. The molecule has 0 aliphatic carbocycles. The standard InChI is InChI=1S/C22H27N3O2/c1-15(2)25-20(26)13-17-7-5-6-8-19(17)21(25)22(27)23-14-16-9-11-18(12-10-16)24(3)4/h5-12,15,21H,13-14H2,1-4H3,(H,23,27). The molecular formula is C22H27N3O2. The number of carbonyl (C=O) groups excluding carboxylic acids is 2. The van der Waals surface area contributed by atoms with Gasteiger partial charge in [0.2, 0.25) is 11.8 Å². The monoisotopic (exact) mass is 365 g/mol. The number of fused-ring (bicyclic) bond motifs is 1. The van der Waals surface area contributed by atoms with Gasteiger partial charge in [-0.25, -0.2) is 0 Å². The van der Waals surface area contributed by atoms with Crippen LogP contribution in [-0.2, 0) is 22.6 Å². The normalized spacial score (nSPS) is 16.3. The van der Waals surface area contributed by atoms with Gasteiger partial charge < -0.3 is 15.1 Å². The van der Waals surface area contributed by atoms with Gasteiger partial charge in [0.15, 0.2) is 0 Å². The number of amides is 2. The van der Waals surface area contributed by atoms with E-state index in [1.165, 1.54) is 0 Å². The van der Waals surface area contributed by atoms with Crippen molar-refractivity contribution in [3.63, 3.8) is 0 Å². The van der Waals surface area contributed by atoms with Gasteiger partial charge in [-0.15, -0.1) is 0 Å². The summed E-state index contributed by atoms with van der Waals surface area (Å²) in [4.78, 5) is 29.4. The summed E-state index contributed by atoms with van der Waals surface area (Å²) < 4.78 is 0. The van der Waals surface area contributed by atoms with Crippen LogP contribution in [0.4, 0.5) is 5.69 Å². The molecule has 0 saturated carbocycles. The second-order valence-electron chi connectivity index (χ2n) is 7.45. The predicted octanol–water partition coefficient (Wildman–Crippen LogP) is 2.90. The van der Waals surface area contributed by atoms with Crippen LogP contribution in [0.1, 0.15) is 36.6 Å². The van der Waals surface area contributed by atoms with Gasteiger partial charge in [-0.3, -0.25) is 9.59 Å². The highest BCUT2D eigenvalue weighted by atomic mass is 16.2. The second kappa shape index (κ2) is 7.82.